The van der Waals surface area contributed by atoms with E-state index in [4.69, 9.17) is 0 Å². The summed E-state index contributed by atoms with van der Waals surface area (Å²) in [7, 11) is 0. The van der Waals surface area contributed by atoms with Gasteiger partial charge in [-0.1, -0.05) is 6.07 Å². The predicted octanol–water partition coefficient (Wildman–Crippen LogP) is 2.74. The molecule has 2 aliphatic heterocycles. The molecule has 0 bridgehead atoms. The van der Waals surface area contributed by atoms with Crippen molar-refractivity contribution >= 4 is 12.4 Å². The third-order valence-corrected chi connectivity index (χ3v) is 4.44. The number of hydrogen-bond donors (Lipinski definition) is 1. The van der Waals surface area contributed by atoms with Crippen LogP contribution in [0.15, 0.2) is 18.2 Å². The van der Waals surface area contributed by atoms with Crippen molar-refractivity contribution in [2.24, 2.45) is 5.92 Å². The van der Waals surface area contributed by atoms with Crippen LogP contribution < -0.4 is 5.32 Å². The fourth-order valence-electron chi connectivity index (χ4n) is 3.34. The van der Waals surface area contributed by atoms with Gasteiger partial charge >= 0.3 is 0 Å². The van der Waals surface area contributed by atoms with E-state index in [9.17, 15) is 4.39 Å². The summed E-state index contributed by atoms with van der Waals surface area (Å²) in [4.78, 5) is 2.52. The Balaban J connectivity index is 0.00000133. The van der Waals surface area contributed by atoms with Crippen LogP contribution in [0.5, 0.6) is 0 Å². The van der Waals surface area contributed by atoms with Gasteiger partial charge in [0.25, 0.3) is 0 Å². The highest BCUT2D eigenvalue weighted by atomic mass is 35.5. The molecule has 1 aromatic rings. The first kappa shape index (κ1) is 14.8. The van der Waals surface area contributed by atoms with Crippen LogP contribution >= 0.6 is 12.4 Å². The summed E-state index contributed by atoms with van der Waals surface area (Å²) >= 11 is 0. The molecular weight excluding hydrogens is 263 g/mol. The number of piperidine rings is 1. The molecule has 2 atom stereocenters. The monoisotopic (exact) mass is 284 g/mol. The van der Waals surface area contributed by atoms with Crippen molar-refractivity contribution < 1.29 is 4.39 Å². The van der Waals surface area contributed by atoms with E-state index in [-0.39, 0.29) is 18.2 Å². The number of rotatable bonds is 2. The number of halogens is 2. The van der Waals surface area contributed by atoms with E-state index in [2.05, 4.69) is 10.2 Å². The molecule has 4 heteroatoms. The van der Waals surface area contributed by atoms with E-state index in [0.29, 0.717) is 0 Å². The molecule has 0 spiro atoms. The molecule has 0 saturated carbocycles. The highest BCUT2D eigenvalue weighted by Crippen LogP contribution is 2.26. The van der Waals surface area contributed by atoms with E-state index in [1.54, 1.807) is 12.1 Å². The lowest BCUT2D eigenvalue weighted by Crippen LogP contribution is -2.44. The van der Waals surface area contributed by atoms with Crippen LogP contribution in [-0.2, 0) is 6.54 Å². The summed E-state index contributed by atoms with van der Waals surface area (Å²) in [6.07, 6.45) is 2.56. The Labute approximate surface area is 120 Å². The van der Waals surface area contributed by atoms with Crippen LogP contribution in [0, 0.1) is 18.7 Å². The first-order chi connectivity index (χ1) is 8.72. The maximum atomic E-state index is 13.1. The highest BCUT2D eigenvalue weighted by molar-refractivity contribution is 5.85. The molecule has 106 valence electrons. The molecule has 0 radical (unpaired) electrons. The molecule has 3 rings (SSSR count). The molecule has 2 fully saturated rings. The third-order valence-electron chi connectivity index (χ3n) is 4.44. The summed E-state index contributed by atoms with van der Waals surface area (Å²) in [5, 5.41) is 3.59. The first-order valence-electron chi connectivity index (χ1n) is 6.93. The van der Waals surface area contributed by atoms with Crippen LogP contribution in [0.25, 0.3) is 0 Å². The minimum absolute atomic E-state index is 0. The normalized spacial score (nSPS) is 26.8. The Kier molecular flexibility index (Phi) is 4.82. The number of aryl methyl sites for hydroxylation is 1. The number of nitrogens with zero attached hydrogens (tertiary/aromatic N) is 1. The maximum Gasteiger partial charge on any atom is 0.123 e. The molecule has 19 heavy (non-hydrogen) atoms. The minimum atomic E-state index is -0.130. The standard InChI is InChI=1S/C15H21FN2.ClH/c1-11-8-14(16)3-2-12(11)9-18-7-5-15-13(10-18)4-6-17-15;/h2-3,8,13,15,17H,4-7,9-10H2,1H3;1H. The number of fused-ring (bicyclic) bond motifs is 1. The largest absolute Gasteiger partial charge is 0.314 e. The number of benzene rings is 1. The van der Waals surface area contributed by atoms with Gasteiger partial charge in [0.2, 0.25) is 0 Å². The highest BCUT2D eigenvalue weighted by Gasteiger charge is 2.32. The fraction of sp³-hybridized carbons (Fsp3) is 0.600. The molecule has 1 aromatic carbocycles. The molecule has 0 aromatic heterocycles. The third kappa shape index (κ3) is 3.28. The first-order valence-corrected chi connectivity index (χ1v) is 6.93. The Hall–Kier alpha value is -0.640. The second-order valence-corrected chi connectivity index (χ2v) is 5.70. The van der Waals surface area contributed by atoms with Crippen molar-refractivity contribution in [1.82, 2.24) is 10.2 Å². The molecule has 2 heterocycles. The van der Waals surface area contributed by atoms with E-state index in [1.807, 2.05) is 13.0 Å². The molecule has 2 unspecified atom stereocenters. The number of nitrogens with one attached hydrogen (secondary N) is 1. The van der Waals surface area contributed by atoms with Crippen molar-refractivity contribution in [2.75, 3.05) is 19.6 Å². The molecule has 2 aliphatic rings. The Bertz CT molecular complexity index is 438. The van der Waals surface area contributed by atoms with Gasteiger partial charge in [-0.2, -0.15) is 0 Å². The van der Waals surface area contributed by atoms with E-state index in [1.165, 1.54) is 31.5 Å². The van der Waals surface area contributed by atoms with Crippen LogP contribution in [0.2, 0.25) is 0 Å². The van der Waals surface area contributed by atoms with Crippen molar-refractivity contribution in [1.29, 1.82) is 0 Å². The Morgan fingerprint density at radius 3 is 3.00 bits per heavy atom. The van der Waals surface area contributed by atoms with Crippen LogP contribution in [-0.4, -0.2) is 30.6 Å². The zero-order valence-corrected chi connectivity index (χ0v) is 12.2. The Morgan fingerprint density at radius 2 is 2.21 bits per heavy atom. The van der Waals surface area contributed by atoms with Gasteiger partial charge in [-0.25, -0.2) is 4.39 Å². The van der Waals surface area contributed by atoms with Gasteiger partial charge in [0.1, 0.15) is 5.82 Å². The summed E-state index contributed by atoms with van der Waals surface area (Å²) in [6.45, 7) is 6.50. The van der Waals surface area contributed by atoms with Crippen molar-refractivity contribution in [2.45, 2.75) is 32.4 Å². The molecule has 2 nitrogen and oxygen atoms in total. The zero-order valence-electron chi connectivity index (χ0n) is 11.4. The number of hydrogen-bond acceptors (Lipinski definition) is 2. The smallest absolute Gasteiger partial charge is 0.123 e. The molecule has 2 saturated heterocycles. The van der Waals surface area contributed by atoms with Gasteiger partial charge in [0, 0.05) is 19.1 Å². The quantitative estimate of drug-likeness (QED) is 0.898. The molecule has 0 amide bonds. The molecule has 0 aliphatic carbocycles. The zero-order chi connectivity index (χ0) is 12.5. The summed E-state index contributed by atoms with van der Waals surface area (Å²) in [6, 6.07) is 5.89. The van der Waals surface area contributed by atoms with Gasteiger partial charge < -0.3 is 5.32 Å². The average Bonchev–Trinajstić information content (AvgIpc) is 2.80. The average molecular weight is 285 g/mol. The van der Waals surface area contributed by atoms with Crippen LogP contribution in [0.1, 0.15) is 24.0 Å². The lowest BCUT2D eigenvalue weighted by molar-refractivity contribution is 0.155. The van der Waals surface area contributed by atoms with Gasteiger partial charge in [-0.15, -0.1) is 12.4 Å². The van der Waals surface area contributed by atoms with Crippen molar-refractivity contribution in [3.05, 3.63) is 35.1 Å². The summed E-state index contributed by atoms with van der Waals surface area (Å²) in [5.74, 6) is 0.689. The molecule has 1 N–H and O–H groups in total. The van der Waals surface area contributed by atoms with Crippen molar-refractivity contribution in [3.8, 4) is 0 Å². The van der Waals surface area contributed by atoms with Crippen molar-refractivity contribution in [3.63, 3.8) is 0 Å². The second kappa shape index (κ2) is 6.21. The summed E-state index contributed by atoms with van der Waals surface area (Å²) < 4.78 is 13.1. The fourth-order valence-corrected chi connectivity index (χ4v) is 3.34. The molecular formula is C15H22ClFN2. The van der Waals surface area contributed by atoms with Crippen LogP contribution in [0.4, 0.5) is 4.39 Å². The van der Waals surface area contributed by atoms with Gasteiger partial charge in [0.05, 0.1) is 0 Å². The lowest BCUT2D eigenvalue weighted by Gasteiger charge is -2.35. The summed E-state index contributed by atoms with van der Waals surface area (Å²) in [5.41, 5.74) is 2.34. The van der Waals surface area contributed by atoms with Gasteiger partial charge in [0.15, 0.2) is 0 Å². The lowest BCUT2D eigenvalue weighted by atomic mass is 9.93. The van der Waals surface area contributed by atoms with Crippen LogP contribution in [0.3, 0.4) is 0 Å². The Morgan fingerprint density at radius 1 is 1.37 bits per heavy atom. The van der Waals surface area contributed by atoms with Gasteiger partial charge in [-0.3, -0.25) is 4.90 Å². The topological polar surface area (TPSA) is 15.3 Å². The van der Waals surface area contributed by atoms with Gasteiger partial charge in [-0.05, 0) is 62.0 Å². The predicted molar refractivity (Wildman–Crippen MR) is 78.2 cm³/mol. The maximum absolute atomic E-state index is 13.1. The minimum Gasteiger partial charge on any atom is -0.314 e. The van der Waals surface area contributed by atoms with E-state index >= 15 is 0 Å². The van der Waals surface area contributed by atoms with E-state index < -0.39 is 0 Å². The second-order valence-electron chi connectivity index (χ2n) is 5.70. The van der Waals surface area contributed by atoms with E-state index in [0.717, 1.165) is 30.6 Å². The SMILES string of the molecule is Cc1cc(F)ccc1CN1CCC2NCCC2C1.Cl. The number of likely N-dealkylation sites (tertiary alicyclic amines) is 1.